The summed E-state index contributed by atoms with van der Waals surface area (Å²) in [6, 6.07) is 0.492. The highest BCUT2D eigenvalue weighted by atomic mass is 35.5. The number of carboxylic acids is 1. The highest BCUT2D eigenvalue weighted by Crippen LogP contribution is 2.11. The quantitative estimate of drug-likeness (QED) is 0.890. The number of halogens is 1. The van der Waals surface area contributed by atoms with Gasteiger partial charge in [-0.1, -0.05) is 11.6 Å². The molecular weight excluding hydrogens is 284 g/mol. The monoisotopic (exact) mass is 300 g/mol. The summed E-state index contributed by atoms with van der Waals surface area (Å²) < 4.78 is 5.02. The van der Waals surface area contributed by atoms with E-state index in [2.05, 4.69) is 10.3 Å². The number of ether oxygens (including phenoxy) is 1. The zero-order valence-electron chi connectivity index (χ0n) is 11.5. The molecule has 1 atom stereocenters. The predicted octanol–water partition coefficient (Wildman–Crippen LogP) is 2.26. The number of nitrogens with one attached hydrogen (secondary N) is 1. The van der Waals surface area contributed by atoms with Crippen LogP contribution in [0.15, 0.2) is 18.5 Å². The lowest BCUT2D eigenvalue weighted by atomic mass is 10.1. The van der Waals surface area contributed by atoms with Crippen LogP contribution in [0.5, 0.6) is 0 Å². The first kappa shape index (κ1) is 16.2. The van der Waals surface area contributed by atoms with E-state index in [-0.39, 0.29) is 6.42 Å². The molecule has 0 aliphatic heterocycles. The summed E-state index contributed by atoms with van der Waals surface area (Å²) in [6.07, 6.45) is 2.24. The van der Waals surface area contributed by atoms with Crippen molar-refractivity contribution in [3.05, 3.63) is 29.0 Å². The van der Waals surface area contributed by atoms with Crippen LogP contribution in [0.2, 0.25) is 5.02 Å². The summed E-state index contributed by atoms with van der Waals surface area (Å²) in [5.74, 6) is -1.16. The molecule has 0 radical (unpaired) electrons. The number of carbonyl (C=O) groups excluding carboxylic acids is 1. The van der Waals surface area contributed by atoms with Crippen LogP contribution in [-0.4, -0.2) is 33.8 Å². The third-order valence-electron chi connectivity index (χ3n) is 2.19. The Hall–Kier alpha value is -1.82. The second kappa shape index (κ2) is 6.56. The van der Waals surface area contributed by atoms with Gasteiger partial charge in [-0.2, -0.15) is 0 Å². The van der Waals surface area contributed by atoms with Crippen molar-refractivity contribution in [1.29, 1.82) is 0 Å². The Morgan fingerprint density at radius 3 is 2.60 bits per heavy atom. The Bertz CT molecular complexity index is 499. The molecule has 2 N–H and O–H groups in total. The third-order valence-corrected chi connectivity index (χ3v) is 2.40. The Morgan fingerprint density at radius 1 is 1.45 bits per heavy atom. The average Bonchev–Trinajstić information content (AvgIpc) is 2.25. The lowest BCUT2D eigenvalue weighted by molar-refractivity contribution is -0.139. The van der Waals surface area contributed by atoms with Gasteiger partial charge in [0.2, 0.25) is 0 Å². The first-order valence-corrected chi connectivity index (χ1v) is 6.37. The summed E-state index contributed by atoms with van der Waals surface area (Å²) in [5, 5.41) is 11.8. The largest absolute Gasteiger partial charge is 0.480 e. The van der Waals surface area contributed by atoms with Gasteiger partial charge in [0.15, 0.2) is 0 Å². The van der Waals surface area contributed by atoms with Crippen LogP contribution in [0.25, 0.3) is 0 Å². The van der Waals surface area contributed by atoms with Crippen molar-refractivity contribution < 1.29 is 19.4 Å². The van der Waals surface area contributed by atoms with Gasteiger partial charge < -0.3 is 15.2 Å². The molecule has 0 aromatic carbocycles. The second-order valence-corrected chi connectivity index (χ2v) is 5.69. The van der Waals surface area contributed by atoms with Gasteiger partial charge in [-0.05, 0) is 32.4 Å². The minimum atomic E-state index is -1.16. The predicted molar refractivity (Wildman–Crippen MR) is 73.7 cm³/mol. The number of carboxylic acid groups (broad SMARTS) is 1. The van der Waals surface area contributed by atoms with Gasteiger partial charge in [0, 0.05) is 18.8 Å². The van der Waals surface area contributed by atoms with Crippen LogP contribution in [0.1, 0.15) is 26.3 Å². The SMILES string of the molecule is CC(C)(C)OC(=O)NC(Cc1cncc(Cl)c1)C(=O)O. The number of carbonyl (C=O) groups is 2. The van der Waals surface area contributed by atoms with Crippen LogP contribution < -0.4 is 5.32 Å². The number of amides is 1. The van der Waals surface area contributed by atoms with Crippen molar-refractivity contribution in [3.63, 3.8) is 0 Å². The fourth-order valence-electron chi connectivity index (χ4n) is 1.45. The van der Waals surface area contributed by atoms with Gasteiger partial charge in [0.1, 0.15) is 11.6 Å². The molecule has 0 aliphatic carbocycles. The number of rotatable bonds is 4. The van der Waals surface area contributed by atoms with E-state index in [1.807, 2.05) is 0 Å². The van der Waals surface area contributed by atoms with E-state index in [4.69, 9.17) is 21.4 Å². The van der Waals surface area contributed by atoms with Gasteiger partial charge >= 0.3 is 12.1 Å². The number of alkyl carbamates (subject to hydrolysis) is 1. The second-order valence-electron chi connectivity index (χ2n) is 5.25. The highest BCUT2D eigenvalue weighted by molar-refractivity contribution is 6.30. The maximum Gasteiger partial charge on any atom is 0.408 e. The molecule has 1 aromatic heterocycles. The zero-order valence-corrected chi connectivity index (χ0v) is 12.3. The molecule has 20 heavy (non-hydrogen) atoms. The van der Waals surface area contributed by atoms with E-state index in [0.29, 0.717) is 10.6 Å². The summed E-state index contributed by atoms with van der Waals surface area (Å²) in [5.41, 5.74) is -0.0777. The van der Waals surface area contributed by atoms with E-state index in [1.165, 1.54) is 12.4 Å². The van der Waals surface area contributed by atoms with Crippen LogP contribution in [0.3, 0.4) is 0 Å². The average molecular weight is 301 g/mol. The summed E-state index contributed by atoms with van der Waals surface area (Å²) in [6.45, 7) is 5.09. The third kappa shape index (κ3) is 5.88. The topological polar surface area (TPSA) is 88.5 Å². The van der Waals surface area contributed by atoms with Gasteiger partial charge in [0.25, 0.3) is 0 Å². The molecule has 1 heterocycles. The van der Waals surface area contributed by atoms with E-state index in [9.17, 15) is 9.59 Å². The standard InChI is InChI=1S/C13H17ClN2O4/c1-13(2,3)20-12(19)16-10(11(17)18)5-8-4-9(14)7-15-6-8/h4,6-7,10H,5H2,1-3H3,(H,16,19)(H,17,18). The lowest BCUT2D eigenvalue weighted by Crippen LogP contribution is -2.44. The normalized spacial score (nSPS) is 12.6. The molecule has 0 aliphatic rings. The molecule has 0 spiro atoms. The summed E-state index contributed by atoms with van der Waals surface area (Å²) >= 11 is 5.78. The molecule has 1 aromatic rings. The number of aliphatic carboxylic acids is 1. The maximum absolute atomic E-state index is 11.6. The van der Waals surface area contributed by atoms with Crippen molar-refractivity contribution in [1.82, 2.24) is 10.3 Å². The molecular formula is C13H17ClN2O4. The number of hydrogen-bond acceptors (Lipinski definition) is 4. The van der Waals surface area contributed by atoms with Crippen LogP contribution in [-0.2, 0) is 16.0 Å². The molecule has 1 amide bonds. The maximum atomic E-state index is 11.6. The first-order chi connectivity index (χ1) is 9.17. The van der Waals surface area contributed by atoms with Crippen molar-refractivity contribution in [2.24, 2.45) is 0 Å². The molecule has 0 fully saturated rings. The fourth-order valence-corrected chi connectivity index (χ4v) is 1.65. The fraction of sp³-hybridized carbons (Fsp3) is 0.462. The summed E-state index contributed by atoms with van der Waals surface area (Å²) in [7, 11) is 0. The molecule has 110 valence electrons. The van der Waals surface area contributed by atoms with E-state index < -0.39 is 23.7 Å². The zero-order chi connectivity index (χ0) is 15.3. The Kier molecular flexibility index (Phi) is 5.33. The number of hydrogen-bond donors (Lipinski definition) is 2. The van der Waals surface area contributed by atoms with Crippen molar-refractivity contribution in [2.45, 2.75) is 38.8 Å². The van der Waals surface area contributed by atoms with Crippen LogP contribution in [0.4, 0.5) is 4.79 Å². The molecule has 0 saturated carbocycles. The minimum absolute atomic E-state index is 0.0716. The first-order valence-electron chi connectivity index (χ1n) is 5.99. The van der Waals surface area contributed by atoms with Crippen LogP contribution in [0, 0.1) is 0 Å². The van der Waals surface area contributed by atoms with Gasteiger partial charge in [-0.3, -0.25) is 4.98 Å². The molecule has 7 heteroatoms. The van der Waals surface area contributed by atoms with E-state index in [1.54, 1.807) is 26.8 Å². The number of pyridine rings is 1. The molecule has 1 unspecified atom stereocenters. The number of nitrogens with zero attached hydrogens (tertiary/aromatic N) is 1. The van der Waals surface area contributed by atoms with E-state index in [0.717, 1.165) is 0 Å². The van der Waals surface area contributed by atoms with Gasteiger partial charge in [0.05, 0.1) is 5.02 Å². The Morgan fingerprint density at radius 2 is 2.10 bits per heavy atom. The number of aromatic nitrogens is 1. The summed E-state index contributed by atoms with van der Waals surface area (Å²) in [4.78, 5) is 26.6. The molecule has 0 bridgehead atoms. The van der Waals surface area contributed by atoms with Crippen LogP contribution >= 0.6 is 11.6 Å². The Balaban J connectivity index is 2.71. The molecule has 6 nitrogen and oxygen atoms in total. The molecule has 0 saturated heterocycles. The van der Waals surface area contributed by atoms with Crippen molar-refractivity contribution >= 4 is 23.7 Å². The van der Waals surface area contributed by atoms with Crippen molar-refractivity contribution in [2.75, 3.05) is 0 Å². The lowest BCUT2D eigenvalue weighted by Gasteiger charge is -2.22. The van der Waals surface area contributed by atoms with Gasteiger partial charge in [-0.25, -0.2) is 9.59 Å². The smallest absolute Gasteiger partial charge is 0.408 e. The highest BCUT2D eigenvalue weighted by Gasteiger charge is 2.24. The minimum Gasteiger partial charge on any atom is -0.480 e. The van der Waals surface area contributed by atoms with E-state index >= 15 is 0 Å². The molecule has 1 rings (SSSR count). The van der Waals surface area contributed by atoms with Gasteiger partial charge in [-0.15, -0.1) is 0 Å². The van der Waals surface area contributed by atoms with Crippen molar-refractivity contribution in [3.8, 4) is 0 Å². The Labute approximate surface area is 122 Å².